The molecule has 8 nitrogen and oxygen atoms in total. The number of nitrogens with zero attached hydrogens (tertiary/aromatic N) is 2. The van der Waals surface area contributed by atoms with Crippen LogP contribution in [-0.4, -0.2) is 33.7 Å². The van der Waals surface area contributed by atoms with Crippen molar-refractivity contribution in [1.29, 1.82) is 0 Å². The Morgan fingerprint density at radius 2 is 2.08 bits per heavy atom. The van der Waals surface area contributed by atoms with E-state index in [2.05, 4.69) is 21.0 Å². The molecule has 1 unspecified atom stereocenters. The molecule has 1 atom stereocenters. The molecule has 1 aromatic heterocycles. The van der Waals surface area contributed by atoms with Gasteiger partial charge in [0, 0.05) is 25.4 Å². The van der Waals surface area contributed by atoms with Crippen molar-refractivity contribution < 1.29 is 14.4 Å². The van der Waals surface area contributed by atoms with Crippen LogP contribution in [0.15, 0.2) is 42.7 Å². The van der Waals surface area contributed by atoms with Crippen LogP contribution in [0.1, 0.15) is 24.0 Å². The molecule has 2 aromatic rings. The molecule has 8 heteroatoms. The summed E-state index contributed by atoms with van der Waals surface area (Å²) in [4.78, 5) is 34.4. The fraction of sp³-hybridized carbons (Fsp3) is 0.294. The number of hydrogen-bond acceptors (Lipinski definition) is 4. The standard InChI is InChI=1S/C17H19N5O3/c23-15(6-5-14-16(24)21-17(25)20-14)18-10-12-3-1-4-13(9-12)11-22-8-2-7-19-22/h1-4,7-9,14H,5-6,10-11H2,(H,18,23)(H2,20,21,24,25). The smallest absolute Gasteiger partial charge is 0.322 e. The van der Waals surface area contributed by atoms with Gasteiger partial charge in [-0.05, 0) is 23.6 Å². The molecule has 1 saturated heterocycles. The average Bonchev–Trinajstić information content (AvgIpc) is 3.20. The van der Waals surface area contributed by atoms with Crippen molar-refractivity contribution in [2.24, 2.45) is 0 Å². The number of benzene rings is 1. The summed E-state index contributed by atoms with van der Waals surface area (Å²) in [6.45, 7) is 1.08. The maximum atomic E-state index is 11.9. The Morgan fingerprint density at radius 3 is 2.80 bits per heavy atom. The van der Waals surface area contributed by atoms with Crippen molar-refractivity contribution in [2.75, 3.05) is 0 Å². The number of amides is 4. The van der Waals surface area contributed by atoms with E-state index in [9.17, 15) is 14.4 Å². The lowest BCUT2D eigenvalue weighted by molar-refractivity contribution is -0.122. The maximum absolute atomic E-state index is 11.9. The summed E-state index contributed by atoms with van der Waals surface area (Å²) in [6, 6.07) is 8.65. The van der Waals surface area contributed by atoms with Gasteiger partial charge in [0.2, 0.25) is 5.91 Å². The number of urea groups is 1. The van der Waals surface area contributed by atoms with Gasteiger partial charge in [-0.1, -0.05) is 24.3 Å². The van der Waals surface area contributed by atoms with Gasteiger partial charge < -0.3 is 10.6 Å². The summed E-state index contributed by atoms with van der Waals surface area (Å²) in [7, 11) is 0. The van der Waals surface area contributed by atoms with E-state index in [0.29, 0.717) is 13.1 Å². The van der Waals surface area contributed by atoms with Crippen LogP contribution in [-0.2, 0) is 22.7 Å². The van der Waals surface area contributed by atoms with E-state index >= 15 is 0 Å². The van der Waals surface area contributed by atoms with Gasteiger partial charge in [-0.3, -0.25) is 19.6 Å². The molecular weight excluding hydrogens is 322 g/mol. The Labute approximate surface area is 144 Å². The Kier molecular flexibility index (Phi) is 5.08. The first-order valence-electron chi connectivity index (χ1n) is 8.03. The zero-order valence-corrected chi connectivity index (χ0v) is 13.6. The number of nitrogens with one attached hydrogen (secondary N) is 3. The van der Waals surface area contributed by atoms with Gasteiger partial charge >= 0.3 is 6.03 Å². The van der Waals surface area contributed by atoms with Crippen molar-refractivity contribution in [3.05, 3.63) is 53.9 Å². The van der Waals surface area contributed by atoms with Gasteiger partial charge in [0.25, 0.3) is 5.91 Å². The molecule has 4 amide bonds. The first-order valence-corrected chi connectivity index (χ1v) is 8.03. The summed E-state index contributed by atoms with van der Waals surface area (Å²) in [5.41, 5.74) is 2.09. The molecule has 2 heterocycles. The lowest BCUT2D eigenvalue weighted by atomic mass is 10.1. The molecule has 1 aromatic carbocycles. The maximum Gasteiger partial charge on any atom is 0.322 e. The summed E-state index contributed by atoms with van der Waals surface area (Å²) < 4.78 is 1.83. The quantitative estimate of drug-likeness (QED) is 0.639. The highest BCUT2D eigenvalue weighted by atomic mass is 16.2. The molecule has 0 saturated carbocycles. The normalized spacial score (nSPS) is 16.4. The molecule has 3 rings (SSSR count). The molecule has 3 N–H and O–H groups in total. The topological polar surface area (TPSA) is 105 Å². The van der Waals surface area contributed by atoms with Gasteiger partial charge in [0.1, 0.15) is 6.04 Å². The van der Waals surface area contributed by atoms with Crippen LogP contribution in [0, 0.1) is 0 Å². The van der Waals surface area contributed by atoms with E-state index in [1.807, 2.05) is 41.2 Å². The predicted octanol–water partition coefficient (Wildman–Crippen LogP) is 0.536. The van der Waals surface area contributed by atoms with Crippen LogP contribution in [0.4, 0.5) is 4.79 Å². The highest BCUT2D eigenvalue weighted by Crippen LogP contribution is 2.08. The van der Waals surface area contributed by atoms with Crippen molar-refractivity contribution >= 4 is 17.8 Å². The number of aromatic nitrogens is 2. The summed E-state index contributed by atoms with van der Waals surface area (Å²) in [6.07, 6.45) is 4.08. The zero-order valence-electron chi connectivity index (χ0n) is 13.6. The predicted molar refractivity (Wildman–Crippen MR) is 89.3 cm³/mol. The van der Waals surface area contributed by atoms with Crippen molar-refractivity contribution in [3.63, 3.8) is 0 Å². The summed E-state index contributed by atoms with van der Waals surface area (Å²) in [5, 5.41) is 11.6. The van der Waals surface area contributed by atoms with Gasteiger partial charge in [0.15, 0.2) is 0 Å². The molecule has 130 valence electrons. The third kappa shape index (κ3) is 4.66. The second-order valence-corrected chi connectivity index (χ2v) is 5.85. The SMILES string of the molecule is O=C(CCC1NC(=O)NC1=O)NCc1cccc(Cn2cccn2)c1. The lowest BCUT2D eigenvalue weighted by Gasteiger charge is -2.09. The molecule has 0 aliphatic carbocycles. The van der Waals surface area contributed by atoms with E-state index in [1.54, 1.807) is 6.20 Å². The minimum absolute atomic E-state index is 0.161. The molecule has 0 bridgehead atoms. The van der Waals surface area contributed by atoms with Gasteiger partial charge in [-0.25, -0.2) is 4.79 Å². The first kappa shape index (κ1) is 16.7. The number of carbonyl (C=O) groups is 3. The number of rotatable bonds is 7. The minimum Gasteiger partial charge on any atom is -0.352 e. The Balaban J connectivity index is 1.45. The van der Waals surface area contributed by atoms with E-state index in [0.717, 1.165) is 11.1 Å². The molecule has 0 spiro atoms. The Hall–Kier alpha value is -3.16. The van der Waals surface area contributed by atoms with E-state index < -0.39 is 12.1 Å². The number of imide groups is 1. The minimum atomic E-state index is -0.629. The van der Waals surface area contributed by atoms with Crippen molar-refractivity contribution in [3.8, 4) is 0 Å². The van der Waals surface area contributed by atoms with E-state index in [1.165, 1.54) is 0 Å². The molecule has 1 fully saturated rings. The number of hydrogen-bond donors (Lipinski definition) is 3. The molecule has 25 heavy (non-hydrogen) atoms. The van der Waals surface area contributed by atoms with Crippen molar-refractivity contribution in [2.45, 2.75) is 32.0 Å². The monoisotopic (exact) mass is 341 g/mol. The largest absolute Gasteiger partial charge is 0.352 e. The zero-order chi connectivity index (χ0) is 17.6. The van der Waals surface area contributed by atoms with Crippen LogP contribution in [0.2, 0.25) is 0 Å². The highest BCUT2D eigenvalue weighted by Gasteiger charge is 2.29. The molecule has 1 aliphatic heterocycles. The molecule has 0 radical (unpaired) electrons. The second-order valence-electron chi connectivity index (χ2n) is 5.85. The lowest BCUT2D eigenvalue weighted by Crippen LogP contribution is -2.31. The van der Waals surface area contributed by atoms with Gasteiger partial charge in [-0.15, -0.1) is 0 Å². The van der Waals surface area contributed by atoms with Crippen LogP contribution in [0.25, 0.3) is 0 Å². The third-order valence-electron chi connectivity index (χ3n) is 3.90. The molecule has 1 aliphatic rings. The van der Waals surface area contributed by atoms with Crippen LogP contribution < -0.4 is 16.0 Å². The summed E-state index contributed by atoms with van der Waals surface area (Å²) in [5.74, 6) is -0.546. The Bertz CT molecular complexity index is 772. The fourth-order valence-electron chi connectivity index (χ4n) is 2.65. The van der Waals surface area contributed by atoms with Gasteiger partial charge in [0.05, 0.1) is 6.54 Å². The van der Waals surface area contributed by atoms with Crippen LogP contribution in [0.5, 0.6) is 0 Å². The van der Waals surface area contributed by atoms with E-state index in [-0.39, 0.29) is 24.7 Å². The highest BCUT2D eigenvalue weighted by molar-refractivity contribution is 6.04. The Morgan fingerprint density at radius 1 is 1.24 bits per heavy atom. The second kappa shape index (κ2) is 7.61. The molecular formula is C17H19N5O3. The van der Waals surface area contributed by atoms with Crippen LogP contribution >= 0.6 is 0 Å². The van der Waals surface area contributed by atoms with Crippen LogP contribution in [0.3, 0.4) is 0 Å². The first-order chi connectivity index (χ1) is 12.1. The summed E-state index contributed by atoms with van der Waals surface area (Å²) >= 11 is 0. The van der Waals surface area contributed by atoms with E-state index in [4.69, 9.17) is 0 Å². The third-order valence-corrected chi connectivity index (χ3v) is 3.90. The van der Waals surface area contributed by atoms with Gasteiger partial charge in [-0.2, -0.15) is 5.10 Å². The van der Waals surface area contributed by atoms with Crippen molar-refractivity contribution in [1.82, 2.24) is 25.7 Å². The number of carbonyl (C=O) groups excluding carboxylic acids is 3. The fourth-order valence-corrected chi connectivity index (χ4v) is 2.65. The average molecular weight is 341 g/mol.